The lowest BCUT2D eigenvalue weighted by molar-refractivity contribution is 0.469. The molecule has 1 aliphatic heterocycles. The summed E-state index contributed by atoms with van der Waals surface area (Å²) < 4.78 is 0. The Morgan fingerprint density at radius 3 is 1.40 bits per heavy atom. The SMILES string of the molecule is C1=CSCS1.CC(C)(C)C. The molecule has 0 nitrogen and oxygen atoms in total. The first kappa shape index (κ1) is 10.4. The van der Waals surface area contributed by atoms with E-state index in [0.717, 1.165) is 0 Å². The molecule has 0 saturated carbocycles. The van der Waals surface area contributed by atoms with Crippen molar-refractivity contribution in [3.63, 3.8) is 0 Å². The fourth-order valence-corrected chi connectivity index (χ4v) is 1.77. The molecule has 0 aromatic rings. The van der Waals surface area contributed by atoms with Crippen molar-refractivity contribution in [2.75, 3.05) is 5.08 Å². The molecule has 0 spiro atoms. The zero-order chi connectivity index (χ0) is 8.04. The van der Waals surface area contributed by atoms with E-state index >= 15 is 0 Å². The Hall–Kier alpha value is 0.440. The van der Waals surface area contributed by atoms with Crippen LogP contribution in [-0.2, 0) is 0 Å². The Bertz CT molecular complexity index is 88.3. The molecule has 0 unspecified atom stereocenters. The summed E-state index contributed by atoms with van der Waals surface area (Å²) in [5.41, 5.74) is 0.500. The molecule has 0 atom stereocenters. The highest BCUT2D eigenvalue weighted by molar-refractivity contribution is 8.21. The van der Waals surface area contributed by atoms with Gasteiger partial charge in [-0.15, -0.1) is 23.5 Å². The summed E-state index contributed by atoms with van der Waals surface area (Å²) in [6, 6.07) is 0. The van der Waals surface area contributed by atoms with Gasteiger partial charge in [-0.3, -0.25) is 0 Å². The summed E-state index contributed by atoms with van der Waals surface area (Å²) in [4.78, 5) is 0. The van der Waals surface area contributed by atoms with Crippen molar-refractivity contribution in [2.24, 2.45) is 5.41 Å². The summed E-state index contributed by atoms with van der Waals surface area (Å²) in [5, 5.41) is 5.45. The summed E-state index contributed by atoms with van der Waals surface area (Å²) in [6.07, 6.45) is 0. The van der Waals surface area contributed by atoms with Gasteiger partial charge < -0.3 is 0 Å². The van der Waals surface area contributed by atoms with Gasteiger partial charge in [-0.25, -0.2) is 0 Å². The summed E-state index contributed by atoms with van der Waals surface area (Å²) in [5.74, 6) is 0. The Labute approximate surface area is 72.9 Å². The van der Waals surface area contributed by atoms with Crippen molar-refractivity contribution < 1.29 is 0 Å². The maximum absolute atomic E-state index is 2.19. The van der Waals surface area contributed by atoms with E-state index in [1.54, 1.807) is 0 Å². The van der Waals surface area contributed by atoms with E-state index < -0.39 is 0 Å². The van der Waals surface area contributed by atoms with E-state index in [2.05, 4.69) is 38.5 Å². The van der Waals surface area contributed by atoms with Crippen molar-refractivity contribution in [1.82, 2.24) is 0 Å². The molecule has 10 heavy (non-hydrogen) atoms. The topological polar surface area (TPSA) is 0 Å². The predicted octanol–water partition coefficient (Wildman–Crippen LogP) is 3.95. The summed E-state index contributed by atoms with van der Waals surface area (Å²) >= 11 is 3.71. The molecule has 0 amide bonds. The predicted molar refractivity (Wildman–Crippen MR) is 54.3 cm³/mol. The summed E-state index contributed by atoms with van der Waals surface area (Å²) in [7, 11) is 0. The lowest BCUT2D eigenvalue weighted by Crippen LogP contribution is -1.93. The van der Waals surface area contributed by atoms with Crippen molar-refractivity contribution in [2.45, 2.75) is 27.7 Å². The molecule has 0 aromatic carbocycles. The van der Waals surface area contributed by atoms with Gasteiger partial charge in [-0.05, 0) is 16.2 Å². The van der Waals surface area contributed by atoms with Gasteiger partial charge >= 0.3 is 0 Å². The molecular weight excluding hydrogens is 160 g/mol. The normalized spacial score (nSPS) is 16.4. The van der Waals surface area contributed by atoms with Crippen LogP contribution in [-0.4, -0.2) is 5.08 Å². The monoisotopic (exact) mass is 176 g/mol. The minimum atomic E-state index is 0.500. The zero-order valence-electron chi connectivity index (χ0n) is 7.18. The van der Waals surface area contributed by atoms with Crippen LogP contribution in [0.15, 0.2) is 10.8 Å². The highest BCUT2D eigenvalue weighted by atomic mass is 32.2. The van der Waals surface area contributed by atoms with Crippen molar-refractivity contribution in [3.8, 4) is 0 Å². The molecule has 1 rings (SSSR count). The molecule has 60 valence electrons. The van der Waals surface area contributed by atoms with Gasteiger partial charge in [0.05, 0.1) is 0 Å². The van der Waals surface area contributed by atoms with Crippen molar-refractivity contribution in [1.29, 1.82) is 0 Å². The van der Waals surface area contributed by atoms with Gasteiger partial charge in [0.15, 0.2) is 0 Å². The van der Waals surface area contributed by atoms with Crippen LogP contribution in [0.1, 0.15) is 27.7 Å². The van der Waals surface area contributed by atoms with Crippen molar-refractivity contribution >= 4 is 23.5 Å². The zero-order valence-corrected chi connectivity index (χ0v) is 8.81. The number of hydrogen-bond acceptors (Lipinski definition) is 2. The Morgan fingerprint density at radius 2 is 1.30 bits per heavy atom. The van der Waals surface area contributed by atoms with E-state index in [0.29, 0.717) is 5.41 Å². The molecule has 1 heterocycles. The van der Waals surface area contributed by atoms with Crippen LogP contribution in [0.5, 0.6) is 0 Å². The number of thioether (sulfide) groups is 2. The lowest BCUT2D eigenvalue weighted by atomic mass is 10.0. The second-order valence-electron chi connectivity index (χ2n) is 3.72. The molecule has 0 aromatic heterocycles. The second kappa shape index (κ2) is 5.14. The molecule has 0 saturated heterocycles. The summed E-state index contributed by atoms with van der Waals surface area (Å²) in [6.45, 7) is 8.75. The maximum atomic E-state index is 2.19. The maximum Gasteiger partial charge on any atom is 0.0475 e. The largest absolute Gasteiger partial charge is 0.122 e. The van der Waals surface area contributed by atoms with E-state index in [1.165, 1.54) is 5.08 Å². The first-order valence-electron chi connectivity index (χ1n) is 3.38. The van der Waals surface area contributed by atoms with Crippen molar-refractivity contribution in [3.05, 3.63) is 10.8 Å². The first-order chi connectivity index (χ1) is 4.50. The third-order valence-corrected chi connectivity index (χ3v) is 2.30. The molecule has 1 aliphatic rings. The van der Waals surface area contributed by atoms with Crippen LogP contribution in [0.3, 0.4) is 0 Å². The minimum absolute atomic E-state index is 0.500. The van der Waals surface area contributed by atoms with E-state index in [1.807, 2.05) is 23.5 Å². The molecular formula is C8H16S2. The van der Waals surface area contributed by atoms with Gasteiger partial charge in [0.2, 0.25) is 0 Å². The fourth-order valence-electron chi connectivity index (χ4n) is 0.196. The number of rotatable bonds is 0. The molecule has 0 N–H and O–H groups in total. The van der Waals surface area contributed by atoms with E-state index in [9.17, 15) is 0 Å². The van der Waals surface area contributed by atoms with Crippen LogP contribution < -0.4 is 0 Å². The molecule has 0 aliphatic carbocycles. The van der Waals surface area contributed by atoms with Crippen LogP contribution in [0.4, 0.5) is 0 Å². The van der Waals surface area contributed by atoms with Gasteiger partial charge in [-0.2, -0.15) is 0 Å². The van der Waals surface area contributed by atoms with Crippen LogP contribution in [0.25, 0.3) is 0 Å². The number of hydrogen-bond donors (Lipinski definition) is 0. The molecule has 0 radical (unpaired) electrons. The lowest BCUT2D eigenvalue weighted by Gasteiger charge is -2.05. The van der Waals surface area contributed by atoms with Gasteiger partial charge in [0, 0.05) is 5.08 Å². The van der Waals surface area contributed by atoms with Gasteiger partial charge in [-0.1, -0.05) is 27.7 Å². The third-order valence-electron chi connectivity index (χ3n) is 0.384. The Balaban J connectivity index is 0.000000162. The van der Waals surface area contributed by atoms with Crippen LogP contribution >= 0.6 is 23.5 Å². The molecule has 0 bridgehead atoms. The van der Waals surface area contributed by atoms with Crippen LogP contribution in [0, 0.1) is 5.41 Å². The van der Waals surface area contributed by atoms with Gasteiger partial charge in [0.25, 0.3) is 0 Å². The van der Waals surface area contributed by atoms with E-state index in [-0.39, 0.29) is 0 Å². The first-order valence-corrected chi connectivity index (χ1v) is 5.48. The second-order valence-corrected chi connectivity index (χ2v) is 5.88. The Morgan fingerprint density at radius 1 is 1.00 bits per heavy atom. The fraction of sp³-hybridized carbons (Fsp3) is 0.750. The highest BCUT2D eigenvalue weighted by Gasteiger charge is 1.95. The van der Waals surface area contributed by atoms with Gasteiger partial charge in [0.1, 0.15) is 0 Å². The Kier molecular flexibility index (Phi) is 5.36. The smallest absolute Gasteiger partial charge is 0.0475 e. The molecule has 2 heteroatoms. The standard InChI is InChI=1S/C5H12.C3H4S2/c1-5(2,3)4;1-2-5-3-4-1/h1-4H3;1-2H,3H2. The van der Waals surface area contributed by atoms with E-state index in [4.69, 9.17) is 0 Å². The van der Waals surface area contributed by atoms with Crippen LogP contribution in [0.2, 0.25) is 0 Å². The minimum Gasteiger partial charge on any atom is -0.122 e. The average molecular weight is 176 g/mol. The molecule has 0 fully saturated rings. The average Bonchev–Trinajstić information content (AvgIpc) is 2.07. The quantitative estimate of drug-likeness (QED) is 0.548. The highest BCUT2D eigenvalue weighted by Crippen LogP contribution is 2.22. The third kappa shape index (κ3) is 15.8.